The summed E-state index contributed by atoms with van der Waals surface area (Å²) in [5.41, 5.74) is 2.33. The lowest BCUT2D eigenvalue weighted by atomic mass is 10.1. The van der Waals surface area contributed by atoms with E-state index in [4.69, 9.17) is 0 Å². The van der Waals surface area contributed by atoms with Crippen molar-refractivity contribution in [2.24, 2.45) is 7.05 Å². The SMILES string of the molecule is Cc1ccc(CNC(=O)C(C)Sc2nccn2C)cc1. The molecule has 0 saturated carbocycles. The smallest absolute Gasteiger partial charge is 0.233 e. The summed E-state index contributed by atoms with van der Waals surface area (Å²) in [6.07, 6.45) is 3.61. The number of benzene rings is 1. The van der Waals surface area contributed by atoms with Gasteiger partial charge in [0.15, 0.2) is 5.16 Å². The number of rotatable bonds is 5. The topological polar surface area (TPSA) is 46.9 Å². The van der Waals surface area contributed by atoms with E-state index in [9.17, 15) is 4.79 Å². The van der Waals surface area contributed by atoms with Gasteiger partial charge in [0, 0.05) is 26.0 Å². The van der Waals surface area contributed by atoms with Crippen LogP contribution in [0, 0.1) is 6.92 Å². The molecule has 0 bridgehead atoms. The van der Waals surface area contributed by atoms with E-state index in [1.807, 2.05) is 55.9 Å². The average molecular weight is 289 g/mol. The normalized spacial score (nSPS) is 12.2. The van der Waals surface area contributed by atoms with Gasteiger partial charge in [0.2, 0.25) is 5.91 Å². The lowest BCUT2D eigenvalue weighted by molar-refractivity contribution is -0.120. The number of carbonyl (C=O) groups is 1. The first-order chi connectivity index (χ1) is 9.56. The molecule has 20 heavy (non-hydrogen) atoms. The Bertz CT molecular complexity index is 577. The van der Waals surface area contributed by atoms with E-state index in [-0.39, 0.29) is 11.2 Å². The summed E-state index contributed by atoms with van der Waals surface area (Å²) >= 11 is 1.46. The average Bonchev–Trinajstić information content (AvgIpc) is 2.83. The van der Waals surface area contributed by atoms with E-state index < -0.39 is 0 Å². The second-order valence-corrected chi connectivity index (χ2v) is 6.09. The maximum Gasteiger partial charge on any atom is 0.233 e. The molecule has 2 rings (SSSR count). The number of aromatic nitrogens is 2. The van der Waals surface area contributed by atoms with Crippen molar-refractivity contribution in [1.29, 1.82) is 0 Å². The van der Waals surface area contributed by atoms with Crippen LogP contribution in [0.5, 0.6) is 0 Å². The summed E-state index contributed by atoms with van der Waals surface area (Å²) in [5.74, 6) is 0.0265. The minimum Gasteiger partial charge on any atom is -0.351 e. The third-order valence-corrected chi connectivity index (χ3v) is 4.19. The fraction of sp³-hybridized carbons (Fsp3) is 0.333. The first-order valence-electron chi connectivity index (χ1n) is 6.53. The predicted octanol–water partition coefficient (Wildman–Crippen LogP) is 2.53. The van der Waals surface area contributed by atoms with Crippen molar-refractivity contribution < 1.29 is 4.79 Å². The van der Waals surface area contributed by atoms with E-state index >= 15 is 0 Å². The van der Waals surface area contributed by atoms with Gasteiger partial charge in [0.25, 0.3) is 0 Å². The Hall–Kier alpha value is -1.75. The zero-order valence-electron chi connectivity index (χ0n) is 12.0. The molecule has 0 fully saturated rings. The summed E-state index contributed by atoms with van der Waals surface area (Å²) in [4.78, 5) is 16.3. The van der Waals surface area contributed by atoms with Crippen LogP contribution in [0.25, 0.3) is 0 Å². The van der Waals surface area contributed by atoms with Gasteiger partial charge in [-0.05, 0) is 19.4 Å². The quantitative estimate of drug-likeness (QED) is 0.860. The third-order valence-electron chi connectivity index (χ3n) is 3.02. The molecule has 4 nitrogen and oxygen atoms in total. The zero-order valence-corrected chi connectivity index (χ0v) is 12.8. The molecule has 1 amide bonds. The molecule has 1 aromatic carbocycles. The number of amides is 1. The fourth-order valence-electron chi connectivity index (χ4n) is 1.72. The third kappa shape index (κ3) is 3.87. The molecule has 5 heteroatoms. The Kier molecular flexibility index (Phi) is 4.84. The molecular weight excluding hydrogens is 270 g/mol. The molecule has 0 saturated heterocycles. The van der Waals surface area contributed by atoms with Crippen LogP contribution >= 0.6 is 11.8 Å². The molecule has 0 spiro atoms. The minimum absolute atomic E-state index is 0.0265. The van der Waals surface area contributed by atoms with E-state index in [1.165, 1.54) is 17.3 Å². The molecule has 0 aliphatic carbocycles. The van der Waals surface area contributed by atoms with Gasteiger partial charge in [0.1, 0.15) is 0 Å². The van der Waals surface area contributed by atoms with Gasteiger partial charge < -0.3 is 9.88 Å². The summed E-state index contributed by atoms with van der Waals surface area (Å²) in [6.45, 7) is 4.50. The fourth-order valence-corrected chi connectivity index (χ4v) is 2.57. The molecular formula is C15H19N3OS. The van der Waals surface area contributed by atoms with Crippen LogP contribution in [0.15, 0.2) is 41.8 Å². The summed E-state index contributed by atoms with van der Waals surface area (Å²) in [6, 6.07) is 8.17. The number of thioether (sulfide) groups is 1. The predicted molar refractivity (Wildman–Crippen MR) is 81.6 cm³/mol. The standard InChI is InChI=1S/C15H19N3OS/c1-11-4-6-13(7-5-11)10-17-14(19)12(2)20-15-16-8-9-18(15)3/h4-9,12H,10H2,1-3H3,(H,17,19). The van der Waals surface area contributed by atoms with Crippen molar-refractivity contribution in [2.75, 3.05) is 0 Å². The van der Waals surface area contributed by atoms with Crippen molar-refractivity contribution >= 4 is 17.7 Å². The largest absolute Gasteiger partial charge is 0.351 e. The van der Waals surface area contributed by atoms with Crippen LogP contribution in [0.1, 0.15) is 18.1 Å². The molecule has 2 aromatic rings. The molecule has 0 radical (unpaired) electrons. The molecule has 1 atom stereocenters. The Labute approximate surface area is 123 Å². The van der Waals surface area contributed by atoms with E-state index in [0.717, 1.165) is 10.7 Å². The highest BCUT2D eigenvalue weighted by molar-refractivity contribution is 8.00. The van der Waals surface area contributed by atoms with Crippen molar-refractivity contribution in [1.82, 2.24) is 14.9 Å². The van der Waals surface area contributed by atoms with Crippen LogP contribution in [-0.2, 0) is 18.4 Å². The van der Waals surface area contributed by atoms with E-state index in [2.05, 4.69) is 10.3 Å². The first kappa shape index (κ1) is 14.7. The number of hydrogen-bond donors (Lipinski definition) is 1. The highest BCUT2D eigenvalue weighted by atomic mass is 32.2. The van der Waals surface area contributed by atoms with Gasteiger partial charge in [-0.15, -0.1) is 0 Å². The number of nitrogens with one attached hydrogen (secondary N) is 1. The van der Waals surface area contributed by atoms with Gasteiger partial charge >= 0.3 is 0 Å². The molecule has 1 N–H and O–H groups in total. The lowest BCUT2D eigenvalue weighted by Crippen LogP contribution is -2.30. The summed E-state index contributed by atoms with van der Waals surface area (Å²) in [7, 11) is 1.92. The molecule has 0 aliphatic rings. The second kappa shape index (κ2) is 6.61. The van der Waals surface area contributed by atoms with Gasteiger partial charge in [-0.25, -0.2) is 4.98 Å². The van der Waals surface area contributed by atoms with Crippen LogP contribution in [0.2, 0.25) is 0 Å². The molecule has 0 aliphatic heterocycles. The molecule has 106 valence electrons. The van der Waals surface area contributed by atoms with Gasteiger partial charge in [0.05, 0.1) is 5.25 Å². The Morgan fingerprint density at radius 3 is 2.70 bits per heavy atom. The molecule has 1 unspecified atom stereocenters. The summed E-state index contributed by atoms with van der Waals surface area (Å²) < 4.78 is 1.91. The van der Waals surface area contributed by atoms with Crippen LogP contribution in [0.4, 0.5) is 0 Å². The van der Waals surface area contributed by atoms with Crippen molar-refractivity contribution in [3.8, 4) is 0 Å². The molecule has 1 heterocycles. The van der Waals surface area contributed by atoms with Crippen LogP contribution < -0.4 is 5.32 Å². The van der Waals surface area contributed by atoms with E-state index in [0.29, 0.717) is 6.54 Å². The number of aryl methyl sites for hydroxylation is 2. The second-order valence-electron chi connectivity index (χ2n) is 4.78. The van der Waals surface area contributed by atoms with Crippen molar-refractivity contribution in [2.45, 2.75) is 30.8 Å². The van der Waals surface area contributed by atoms with Crippen molar-refractivity contribution in [3.63, 3.8) is 0 Å². The summed E-state index contributed by atoms with van der Waals surface area (Å²) in [5, 5.41) is 3.64. The Morgan fingerprint density at radius 1 is 1.40 bits per heavy atom. The Balaban J connectivity index is 1.85. The first-order valence-corrected chi connectivity index (χ1v) is 7.41. The lowest BCUT2D eigenvalue weighted by Gasteiger charge is -2.11. The highest BCUT2D eigenvalue weighted by Gasteiger charge is 2.16. The van der Waals surface area contributed by atoms with Gasteiger partial charge in [-0.2, -0.15) is 0 Å². The molecule has 1 aromatic heterocycles. The van der Waals surface area contributed by atoms with E-state index in [1.54, 1.807) is 6.20 Å². The highest BCUT2D eigenvalue weighted by Crippen LogP contribution is 2.20. The van der Waals surface area contributed by atoms with Crippen molar-refractivity contribution in [3.05, 3.63) is 47.8 Å². The maximum absolute atomic E-state index is 12.1. The number of nitrogens with zero attached hydrogens (tertiary/aromatic N) is 2. The van der Waals surface area contributed by atoms with Crippen LogP contribution in [-0.4, -0.2) is 20.7 Å². The number of imidazole rings is 1. The zero-order chi connectivity index (χ0) is 14.5. The number of hydrogen-bond acceptors (Lipinski definition) is 3. The van der Waals surface area contributed by atoms with Gasteiger partial charge in [-0.3, -0.25) is 4.79 Å². The van der Waals surface area contributed by atoms with Gasteiger partial charge in [-0.1, -0.05) is 41.6 Å². The number of carbonyl (C=O) groups excluding carboxylic acids is 1. The monoisotopic (exact) mass is 289 g/mol. The Morgan fingerprint density at radius 2 is 2.10 bits per heavy atom. The minimum atomic E-state index is -0.165. The van der Waals surface area contributed by atoms with Crippen LogP contribution in [0.3, 0.4) is 0 Å². The maximum atomic E-state index is 12.1.